The number of benzene rings is 2. The van der Waals surface area contributed by atoms with Crippen LogP contribution in [0.15, 0.2) is 48.5 Å². The van der Waals surface area contributed by atoms with Crippen molar-refractivity contribution in [2.75, 3.05) is 12.4 Å². The van der Waals surface area contributed by atoms with Gasteiger partial charge in [0.15, 0.2) is 0 Å². The third-order valence-electron chi connectivity index (χ3n) is 4.51. The van der Waals surface area contributed by atoms with Gasteiger partial charge in [-0.25, -0.2) is 9.48 Å². The number of nitrogens with zero attached hydrogens (tertiary/aromatic N) is 2. The number of ether oxygens (including phenoxy) is 1. The highest BCUT2D eigenvalue weighted by molar-refractivity contribution is 6.07. The number of methoxy groups -OCH3 is 1. The van der Waals surface area contributed by atoms with Crippen molar-refractivity contribution < 1.29 is 14.3 Å². The van der Waals surface area contributed by atoms with Gasteiger partial charge in [0.25, 0.3) is 5.91 Å². The molecule has 3 aromatic rings. The Morgan fingerprint density at radius 2 is 1.70 bits per heavy atom. The van der Waals surface area contributed by atoms with Gasteiger partial charge in [-0.15, -0.1) is 0 Å². The van der Waals surface area contributed by atoms with Gasteiger partial charge < -0.3 is 10.1 Å². The summed E-state index contributed by atoms with van der Waals surface area (Å²) in [6, 6.07) is 14.8. The Kier molecular flexibility index (Phi) is 5.07. The summed E-state index contributed by atoms with van der Waals surface area (Å²) >= 11 is 0. The number of hydrogen-bond donors (Lipinski definition) is 1. The van der Waals surface area contributed by atoms with Crippen LogP contribution < -0.4 is 5.32 Å². The van der Waals surface area contributed by atoms with Crippen LogP contribution in [-0.4, -0.2) is 28.8 Å². The molecule has 3 rings (SSSR count). The van der Waals surface area contributed by atoms with Gasteiger partial charge >= 0.3 is 5.97 Å². The maximum atomic E-state index is 12.9. The minimum atomic E-state index is -0.437. The first-order valence-corrected chi connectivity index (χ1v) is 8.55. The standard InChI is InChI=1S/C21H21N3O3/c1-13-17(21(26)27-4)11-8-12-18(13)22-20(25)19-14(2)23-24(15(19)3)16-9-6-5-7-10-16/h5-12H,1-4H3,(H,22,25). The molecule has 0 aliphatic rings. The van der Waals surface area contributed by atoms with E-state index in [4.69, 9.17) is 4.74 Å². The van der Waals surface area contributed by atoms with E-state index in [1.807, 2.05) is 37.3 Å². The first-order valence-electron chi connectivity index (χ1n) is 8.55. The zero-order chi connectivity index (χ0) is 19.6. The van der Waals surface area contributed by atoms with Gasteiger partial charge in [0, 0.05) is 5.69 Å². The van der Waals surface area contributed by atoms with Gasteiger partial charge in [0.05, 0.1) is 35.3 Å². The summed E-state index contributed by atoms with van der Waals surface area (Å²) in [7, 11) is 1.33. The van der Waals surface area contributed by atoms with E-state index in [2.05, 4.69) is 10.4 Å². The van der Waals surface area contributed by atoms with Crippen LogP contribution in [0.4, 0.5) is 5.69 Å². The zero-order valence-electron chi connectivity index (χ0n) is 15.7. The van der Waals surface area contributed by atoms with E-state index in [1.54, 1.807) is 36.7 Å². The lowest BCUT2D eigenvalue weighted by atomic mass is 10.1. The fraction of sp³-hybridized carbons (Fsp3) is 0.190. The van der Waals surface area contributed by atoms with E-state index in [1.165, 1.54) is 7.11 Å². The Balaban J connectivity index is 1.95. The monoisotopic (exact) mass is 363 g/mol. The van der Waals surface area contributed by atoms with Crippen molar-refractivity contribution in [2.24, 2.45) is 0 Å². The number of amides is 1. The molecule has 0 atom stereocenters. The molecule has 0 aliphatic heterocycles. The average Bonchev–Trinajstić information content (AvgIpc) is 2.97. The molecule has 1 N–H and O–H groups in total. The van der Waals surface area contributed by atoms with Crippen molar-refractivity contribution in [1.82, 2.24) is 9.78 Å². The molecule has 2 aromatic carbocycles. The molecular formula is C21H21N3O3. The molecule has 6 heteroatoms. The Morgan fingerprint density at radius 3 is 2.37 bits per heavy atom. The molecular weight excluding hydrogens is 342 g/mol. The minimum absolute atomic E-state index is 0.266. The van der Waals surface area contributed by atoms with Crippen LogP contribution in [0.3, 0.4) is 0 Å². The molecule has 0 bridgehead atoms. The topological polar surface area (TPSA) is 73.2 Å². The third kappa shape index (κ3) is 3.46. The average molecular weight is 363 g/mol. The Morgan fingerprint density at radius 1 is 1.00 bits per heavy atom. The molecule has 138 valence electrons. The predicted octanol–water partition coefficient (Wildman–Crippen LogP) is 3.84. The second-order valence-corrected chi connectivity index (χ2v) is 6.22. The molecule has 1 aromatic heterocycles. The van der Waals surface area contributed by atoms with E-state index >= 15 is 0 Å². The smallest absolute Gasteiger partial charge is 0.338 e. The van der Waals surface area contributed by atoms with Crippen LogP contribution in [0.5, 0.6) is 0 Å². The number of aromatic nitrogens is 2. The second-order valence-electron chi connectivity index (χ2n) is 6.22. The first kappa shape index (κ1) is 18.4. The van der Waals surface area contributed by atoms with Crippen molar-refractivity contribution in [2.45, 2.75) is 20.8 Å². The van der Waals surface area contributed by atoms with Crippen LogP contribution in [-0.2, 0) is 4.74 Å². The number of para-hydroxylation sites is 1. The Hall–Kier alpha value is -3.41. The molecule has 0 fully saturated rings. The SMILES string of the molecule is COC(=O)c1cccc(NC(=O)c2c(C)nn(-c3ccccc3)c2C)c1C. The molecule has 6 nitrogen and oxygen atoms in total. The highest BCUT2D eigenvalue weighted by Crippen LogP contribution is 2.23. The maximum Gasteiger partial charge on any atom is 0.338 e. The highest BCUT2D eigenvalue weighted by Gasteiger charge is 2.21. The quantitative estimate of drug-likeness (QED) is 0.715. The summed E-state index contributed by atoms with van der Waals surface area (Å²) in [5.74, 6) is -0.704. The molecule has 0 spiro atoms. The minimum Gasteiger partial charge on any atom is -0.465 e. The number of rotatable bonds is 4. The van der Waals surface area contributed by atoms with Gasteiger partial charge in [-0.3, -0.25) is 4.79 Å². The first-order chi connectivity index (χ1) is 12.9. The lowest BCUT2D eigenvalue weighted by Gasteiger charge is -2.12. The number of nitrogens with one attached hydrogen (secondary N) is 1. The van der Waals surface area contributed by atoms with E-state index < -0.39 is 5.97 Å². The normalized spacial score (nSPS) is 10.5. The van der Waals surface area contributed by atoms with Crippen LogP contribution >= 0.6 is 0 Å². The van der Waals surface area contributed by atoms with Crippen molar-refractivity contribution in [3.63, 3.8) is 0 Å². The molecule has 0 saturated heterocycles. The van der Waals surface area contributed by atoms with Gasteiger partial charge in [0.2, 0.25) is 0 Å². The zero-order valence-corrected chi connectivity index (χ0v) is 15.7. The van der Waals surface area contributed by atoms with Gasteiger partial charge in [-0.1, -0.05) is 24.3 Å². The molecule has 1 heterocycles. The van der Waals surface area contributed by atoms with Crippen molar-refractivity contribution in [1.29, 1.82) is 0 Å². The maximum absolute atomic E-state index is 12.9. The largest absolute Gasteiger partial charge is 0.465 e. The fourth-order valence-electron chi connectivity index (χ4n) is 3.08. The molecule has 27 heavy (non-hydrogen) atoms. The van der Waals surface area contributed by atoms with E-state index in [0.717, 1.165) is 11.4 Å². The predicted molar refractivity (Wildman–Crippen MR) is 104 cm³/mol. The number of carbonyl (C=O) groups is 2. The molecule has 1 amide bonds. The summed E-state index contributed by atoms with van der Waals surface area (Å²) in [4.78, 5) is 24.8. The lowest BCUT2D eigenvalue weighted by Crippen LogP contribution is -2.16. The van der Waals surface area contributed by atoms with E-state index in [9.17, 15) is 9.59 Å². The number of aryl methyl sites for hydroxylation is 1. The summed E-state index contributed by atoms with van der Waals surface area (Å²) in [6.45, 7) is 5.44. The fourth-order valence-corrected chi connectivity index (χ4v) is 3.08. The summed E-state index contributed by atoms with van der Waals surface area (Å²) in [5, 5.41) is 7.40. The van der Waals surface area contributed by atoms with Gasteiger partial charge in [-0.05, 0) is 50.6 Å². The number of hydrogen-bond acceptors (Lipinski definition) is 4. The number of esters is 1. The molecule has 0 radical (unpaired) electrons. The molecule has 0 aliphatic carbocycles. The summed E-state index contributed by atoms with van der Waals surface area (Å²) in [5.41, 5.74) is 4.43. The van der Waals surface area contributed by atoms with Crippen molar-refractivity contribution in [3.05, 3.63) is 76.6 Å². The third-order valence-corrected chi connectivity index (χ3v) is 4.51. The molecule has 0 saturated carbocycles. The molecule has 0 unspecified atom stereocenters. The highest BCUT2D eigenvalue weighted by atomic mass is 16.5. The summed E-state index contributed by atoms with van der Waals surface area (Å²) < 4.78 is 6.54. The Labute approximate surface area is 157 Å². The van der Waals surface area contributed by atoms with Crippen molar-refractivity contribution >= 4 is 17.6 Å². The van der Waals surface area contributed by atoms with Gasteiger partial charge in [0.1, 0.15) is 0 Å². The number of carbonyl (C=O) groups excluding carboxylic acids is 2. The van der Waals surface area contributed by atoms with Gasteiger partial charge in [-0.2, -0.15) is 5.10 Å². The van der Waals surface area contributed by atoms with Crippen LogP contribution in [0, 0.1) is 20.8 Å². The van der Waals surface area contributed by atoms with Crippen LogP contribution in [0.2, 0.25) is 0 Å². The van der Waals surface area contributed by atoms with Crippen molar-refractivity contribution in [3.8, 4) is 5.69 Å². The van der Waals surface area contributed by atoms with Crippen LogP contribution in [0.1, 0.15) is 37.7 Å². The summed E-state index contributed by atoms with van der Waals surface area (Å²) in [6.07, 6.45) is 0. The second kappa shape index (κ2) is 7.45. The number of anilines is 1. The van der Waals surface area contributed by atoms with E-state index in [-0.39, 0.29) is 5.91 Å². The van der Waals surface area contributed by atoms with Crippen LogP contribution in [0.25, 0.3) is 5.69 Å². The lowest BCUT2D eigenvalue weighted by molar-refractivity contribution is 0.0599. The van der Waals surface area contributed by atoms with E-state index in [0.29, 0.717) is 28.1 Å². The Bertz CT molecular complexity index is 1010.